The first-order chi connectivity index (χ1) is 6.34. The lowest BCUT2D eigenvalue weighted by Gasteiger charge is -2.03. The van der Waals surface area contributed by atoms with Gasteiger partial charge in [-0.2, -0.15) is 5.10 Å². The maximum atomic E-state index is 3.96. The van der Waals surface area contributed by atoms with Gasteiger partial charge in [0, 0.05) is 30.9 Å². The second kappa shape index (κ2) is 5.72. The average Bonchev–Trinajstić information content (AvgIpc) is 2.52. The Morgan fingerprint density at radius 3 is 2.77 bits per heavy atom. The van der Waals surface area contributed by atoms with E-state index in [2.05, 4.69) is 27.8 Å². The standard InChI is InChI=1S/C9H18N4/c1-3-10-4-5-11-6-9-7-12-13-8(9)2/h7,10-11H,3-6H2,1-2H3,(H,12,13). The van der Waals surface area contributed by atoms with Crippen molar-refractivity contribution in [1.29, 1.82) is 0 Å². The molecule has 1 aromatic heterocycles. The van der Waals surface area contributed by atoms with Crippen molar-refractivity contribution in [3.63, 3.8) is 0 Å². The van der Waals surface area contributed by atoms with Crippen LogP contribution < -0.4 is 10.6 Å². The summed E-state index contributed by atoms with van der Waals surface area (Å²) in [7, 11) is 0. The Morgan fingerprint density at radius 2 is 2.15 bits per heavy atom. The van der Waals surface area contributed by atoms with E-state index in [1.807, 2.05) is 13.1 Å². The van der Waals surface area contributed by atoms with Crippen molar-refractivity contribution in [2.75, 3.05) is 19.6 Å². The SMILES string of the molecule is CCNCCNCc1cn[nH]c1C. The summed E-state index contributed by atoms with van der Waals surface area (Å²) in [4.78, 5) is 0. The molecule has 0 saturated heterocycles. The minimum Gasteiger partial charge on any atom is -0.316 e. The lowest BCUT2D eigenvalue weighted by molar-refractivity contribution is 0.624. The van der Waals surface area contributed by atoms with Gasteiger partial charge in [-0.05, 0) is 13.5 Å². The molecule has 0 aliphatic carbocycles. The minimum atomic E-state index is 0.897. The molecule has 0 spiro atoms. The van der Waals surface area contributed by atoms with Gasteiger partial charge in [-0.25, -0.2) is 0 Å². The second-order valence-electron chi connectivity index (χ2n) is 3.05. The molecule has 0 aliphatic rings. The fraction of sp³-hybridized carbons (Fsp3) is 0.667. The molecule has 0 radical (unpaired) electrons. The van der Waals surface area contributed by atoms with Crippen molar-refractivity contribution in [3.8, 4) is 0 Å². The van der Waals surface area contributed by atoms with E-state index >= 15 is 0 Å². The van der Waals surface area contributed by atoms with E-state index in [0.717, 1.165) is 31.9 Å². The topological polar surface area (TPSA) is 52.7 Å². The molecule has 3 N–H and O–H groups in total. The Bertz CT molecular complexity index is 231. The highest BCUT2D eigenvalue weighted by Crippen LogP contribution is 2.00. The monoisotopic (exact) mass is 182 g/mol. The number of aromatic nitrogens is 2. The van der Waals surface area contributed by atoms with Gasteiger partial charge in [-0.15, -0.1) is 0 Å². The van der Waals surface area contributed by atoms with Crippen molar-refractivity contribution in [1.82, 2.24) is 20.8 Å². The summed E-state index contributed by atoms with van der Waals surface area (Å²) in [5.41, 5.74) is 2.40. The summed E-state index contributed by atoms with van der Waals surface area (Å²) in [6, 6.07) is 0. The normalized spacial score (nSPS) is 10.6. The van der Waals surface area contributed by atoms with Crippen LogP contribution in [0.15, 0.2) is 6.20 Å². The Hall–Kier alpha value is -0.870. The van der Waals surface area contributed by atoms with E-state index < -0.39 is 0 Å². The van der Waals surface area contributed by atoms with Crippen LogP contribution in [0.2, 0.25) is 0 Å². The third-order valence-corrected chi connectivity index (χ3v) is 1.98. The van der Waals surface area contributed by atoms with Crippen LogP contribution in [0.5, 0.6) is 0 Å². The largest absolute Gasteiger partial charge is 0.316 e. The number of aromatic amines is 1. The third-order valence-electron chi connectivity index (χ3n) is 1.98. The molecule has 0 aliphatic heterocycles. The Morgan fingerprint density at radius 1 is 1.38 bits per heavy atom. The highest BCUT2D eigenvalue weighted by atomic mass is 15.1. The van der Waals surface area contributed by atoms with Crippen LogP contribution in [0.1, 0.15) is 18.2 Å². The fourth-order valence-corrected chi connectivity index (χ4v) is 1.13. The smallest absolute Gasteiger partial charge is 0.0535 e. The van der Waals surface area contributed by atoms with Gasteiger partial charge in [0.2, 0.25) is 0 Å². The quantitative estimate of drug-likeness (QED) is 0.559. The molecule has 1 rings (SSSR count). The van der Waals surface area contributed by atoms with Crippen LogP contribution in [-0.4, -0.2) is 29.8 Å². The van der Waals surface area contributed by atoms with Crippen molar-refractivity contribution in [2.45, 2.75) is 20.4 Å². The molecule has 1 heterocycles. The van der Waals surface area contributed by atoms with E-state index in [0.29, 0.717) is 0 Å². The molecular formula is C9H18N4. The molecule has 0 bridgehead atoms. The number of H-pyrrole nitrogens is 1. The molecule has 0 saturated carbocycles. The van der Waals surface area contributed by atoms with Gasteiger partial charge in [0.05, 0.1) is 6.20 Å². The molecular weight excluding hydrogens is 164 g/mol. The van der Waals surface area contributed by atoms with Gasteiger partial charge >= 0.3 is 0 Å². The summed E-state index contributed by atoms with van der Waals surface area (Å²) in [6.07, 6.45) is 1.87. The predicted molar refractivity (Wildman–Crippen MR) is 53.6 cm³/mol. The van der Waals surface area contributed by atoms with Crippen LogP contribution in [0.4, 0.5) is 0 Å². The Balaban J connectivity index is 2.10. The van der Waals surface area contributed by atoms with Crippen molar-refractivity contribution >= 4 is 0 Å². The lowest BCUT2D eigenvalue weighted by Crippen LogP contribution is -2.26. The van der Waals surface area contributed by atoms with Gasteiger partial charge in [-0.1, -0.05) is 6.92 Å². The average molecular weight is 182 g/mol. The first-order valence-corrected chi connectivity index (χ1v) is 4.75. The predicted octanol–water partition coefficient (Wildman–Crippen LogP) is 0.417. The maximum Gasteiger partial charge on any atom is 0.0535 e. The van der Waals surface area contributed by atoms with Gasteiger partial charge in [0.1, 0.15) is 0 Å². The number of nitrogens with zero attached hydrogens (tertiary/aromatic N) is 1. The zero-order valence-corrected chi connectivity index (χ0v) is 8.35. The molecule has 4 nitrogen and oxygen atoms in total. The number of rotatable bonds is 6. The minimum absolute atomic E-state index is 0.897. The van der Waals surface area contributed by atoms with E-state index in [1.165, 1.54) is 5.56 Å². The Kier molecular flexibility index (Phi) is 4.49. The summed E-state index contributed by atoms with van der Waals surface area (Å²) >= 11 is 0. The molecule has 4 heteroatoms. The molecule has 74 valence electrons. The summed E-state index contributed by atoms with van der Waals surface area (Å²) in [5.74, 6) is 0. The molecule has 0 aromatic carbocycles. The Labute approximate surface area is 79.1 Å². The number of hydrogen-bond donors (Lipinski definition) is 3. The molecule has 0 unspecified atom stereocenters. The lowest BCUT2D eigenvalue weighted by atomic mass is 10.2. The van der Waals surface area contributed by atoms with Crippen LogP contribution >= 0.6 is 0 Å². The first-order valence-electron chi connectivity index (χ1n) is 4.75. The molecule has 0 atom stereocenters. The van der Waals surface area contributed by atoms with E-state index in [-0.39, 0.29) is 0 Å². The molecule has 0 amide bonds. The fourth-order valence-electron chi connectivity index (χ4n) is 1.13. The highest BCUT2D eigenvalue weighted by Gasteiger charge is 1.97. The van der Waals surface area contributed by atoms with Gasteiger partial charge < -0.3 is 10.6 Å². The van der Waals surface area contributed by atoms with Crippen molar-refractivity contribution < 1.29 is 0 Å². The van der Waals surface area contributed by atoms with E-state index in [4.69, 9.17) is 0 Å². The zero-order valence-electron chi connectivity index (χ0n) is 8.35. The van der Waals surface area contributed by atoms with Crippen LogP contribution in [0.25, 0.3) is 0 Å². The summed E-state index contributed by atoms with van der Waals surface area (Å²) in [6.45, 7) is 8.10. The summed E-state index contributed by atoms with van der Waals surface area (Å²) in [5, 5.41) is 13.5. The number of nitrogens with one attached hydrogen (secondary N) is 3. The number of likely N-dealkylation sites (N-methyl/N-ethyl adjacent to an activating group) is 1. The van der Waals surface area contributed by atoms with Gasteiger partial charge in [-0.3, -0.25) is 5.10 Å². The third kappa shape index (κ3) is 3.57. The van der Waals surface area contributed by atoms with E-state index in [9.17, 15) is 0 Å². The molecule has 1 aromatic rings. The number of aryl methyl sites for hydroxylation is 1. The maximum absolute atomic E-state index is 3.96. The van der Waals surface area contributed by atoms with Crippen molar-refractivity contribution in [2.24, 2.45) is 0 Å². The van der Waals surface area contributed by atoms with Crippen LogP contribution in [0.3, 0.4) is 0 Å². The molecule has 0 fully saturated rings. The highest BCUT2D eigenvalue weighted by molar-refractivity contribution is 5.13. The van der Waals surface area contributed by atoms with E-state index in [1.54, 1.807) is 0 Å². The summed E-state index contributed by atoms with van der Waals surface area (Å²) < 4.78 is 0. The molecule has 13 heavy (non-hydrogen) atoms. The first kappa shape index (κ1) is 10.2. The zero-order chi connectivity index (χ0) is 9.52. The second-order valence-corrected chi connectivity index (χ2v) is 3.05. The van der Waals surface area contributed by atoms with Gasteiger partial charge in [0.15, 0.2) is 0 Å². The van der Waals surface area contributed by atoms with Crippen LogP contribution in [0, 0.1) is 6.92 Å². The van der Waals surface area contributed by atoms with Crippen molar-refractivity contribution in [3.05, 3.63) is 17.5 Å². The van der Waals surface area contributed by atoms with Gasteiger partial charge in [0.25, 0.3) is 0 Å². The van der Waals surface area contributed by atoms with Crippen LogP contribution in [-0.2, 0) is 6.54 Å². The number of hydrogen-bond acceptors (Lipinski definition) is 3.